The van der Waals surface area contributed by atoms with E-state index in [-0.39, 0.29) is 12.4 Å². The van der Waals surface area contributed by atoms with Crippen LogP contribution < -0.4 is 14.4 Å². The highest BCUT2D eigenvalue weighted by atomic mass is 32.1. The summed E-state index contributed by atoms with van der Waals surface area (Å²) in [6.07, 6.45) is 0.107. The van der Waals surface area contributed by atoms with E-state index in [9.17, 15) is 4.79 Å². The number of ether oxygens (including phenoxy) is 3. The Labute approximate surface area is 170 Å². The van der Waals surface area contributed by atoms with Gasteiger partial charge in [-0.3, -0.25) is 4.79 Å². The first-order valence-corrected chi connectivity index (χ1v) is 9.69. The summed E-state index contributed by atoms with van der Waals surface area (Å²) >= 11 is 5.46. The molecule has 0 radical (unpaired) electrons. The van der Waals surface area contributed by atoms with Crippen LogP contribution >= 0.6 is 12.2 Å². The molecule has 1 aromatic carbocycles. The van der Waals surface area contributed by atoms with Crippen molar-refractivity contribution in [2.45, 2.75) is 33.5 Å². The lowest BCUT2D eigenvalue weighted by Gasteiger charge is -2.15. The maximum absolute atomic E-state index is 11.7. The van der Waals surface area contributed by atoms with E-state index >= 15 is 0 Å². The number of esters is 1. The Kier molecular flexibility index (Phi) is 8.01. The van der Waals surface area contributed by atoms with Crippen molar-refractivity contribution in [1.29, 1.82) is 0 Å². The van der Waals surface area contributed by atoms with Crippen LogP contribution in [0.5, 0.6) is 11.5 Å². The van der Waals surface area contributed by atoms with Gasteiger partial charge in [0.1, 0.15) is 18.8 Å². The van der Waals surface area contributed by atoms with Gasteiger partial charge in [0.05, 0.1) is 27.4 Å². The van der Waals surface area contributed by atoms with Gasteiger partial charge in [-0.15, -0.1) is 0 Å². The van der Waals surface area contributed by atoms with E-state index in [1.54, 1.807) is 23.3 Å². The molecule has 1 atom stereocenters. The van der Waals surface area contributed by atoms with E-state index in [0.29, 0.717) is 30.5 Å². The molecule has 0 amide bonds. The second-order valence-electron chi connectivity index (χ2n) is 6.45. The first-order chi connectivity index (χ1) is 13.4. The van der Waals surface area contributed by atoms with Crippen molar-refractivity contribution >= 4 is 18.2 Å². The standard InChI is InChI=1S/C19H28N4O4S/c1-6-26-15-9-8-14(10-16(15)25-5)12-21(3)13-23-19(28)22(4)17(20-23)11-18(24)27-7-2/h8-10H,6-7,11-13H2,1-5H3/p+1. The van der Waals surface area contributed by atoms with Gasteiger partial charge in [-0.25, -0.2) is 0 Å². The van der Waals surface area contributed by atoms with Gasteiger partial charge in [-0.2, -0.15) is 9.78 Å². The largest absolute Gasteiger partial charge is 0.493 e. The van der Waals surface area contributed by atoms with Crippen molar-refractivity contribution in [2.24, 2.45) is 7.05 Å². The predicted octanol–water partition coefficient (Wildman–Crippen LogP) is 1.14. The van der Waals surface area contributed by atoms with Gasteiger partial charge in [-0.05, 0) is 44.3 Å². The van der Waals surface area contributed by atoms with E-state index in [4.69, 9.17) is 26.4 Å². The number of aromatic nitrogens is 3. The monoisotopic (exact) mass is 409 g/mol. The van der Waals surface area contributed by atoms with Gasteiger partial charge in [0.25, 0.3) is 0 Å². The molecule has 1 aromatic heterocycles. The minimum absolute atomic E-state index is 0.107. The van der Waals surface area contributed by atoms with E-state index < -0.39 is 0 Å². The quantitative estimate of drug-likeness (QED) is 0.469. The van der Waals surface area contributed by atoms with Gasteiger partial charge in [-0.1, -0.05) is 0 Å². The molecule has 0 aliphatic carbocycles. The Balaban J connectivity index is 2.08. The number of quaternary nitrogens is 1. The molecule has 1 unspecified atom stereocenters. The molecule has 9 heteroatoms. The number of carbonyl (C=O) groups is 1. The molecule has 1 heterocycles. The molecule has 0 spiro atoms. The van der Waals surface area contributed by atoms with Crippen LogP contribution in [-0.4, -0.2) is 47.7 Å². The summed E-state index contributed by atoms with van der Waals surface area (Å²) in [5.74, 6) is 1.75. The van der Waals surface area contributed by atoms with Gasteiger partial charge < -0.3 is 23.7 Å². The van der Waals surface area contributed by atoms with Crippen LogP contribution in [0.1, 0.15) is 25.2 Å². The van der Waals surface area contributed by atoms with Crippen LogP contribution in [-0.2, 0) is 36.2 Å². The minimum atomic E-state index is -0.306. The number of nitrogens with zero attached hydrogens (tertiary/aromatic N) is 3. The molecule has 0 bridgehead atoms. The molecule has 2 aromatic rings. The normalized spacial score (nSPS) is 11.9. The molecule has 0 saturated carbocycles. The molecule has 2 rings (SSSR count). The number of hydrogen-bond acceptors (Lipinski definition) is 6. The number of rotatable bonds is 10. The zero-order chi connectivity index (χ0) is 20.7. The number of nitrogens with one attached hydrogen (secondary N) is 1. The third kappa shape index (κ3) is 5.56. The third-order valence-electron chi connectivity index (χ3n) is 4.19. The van der Waals surface area contributed by atoms with Crippen LogP contribution in [0.25, 0.3) is 0 Å². The third-order valence-corrected chi connectivity index (χ3v) is 4.68. The lowest BCUT2D eigenvalue weighted by molar-refractivity contribution is -0.917. The summed E-state index contributed by atoms with van der Waals surface area (Å²) in [6.45, 7) is 6.00. The molecule has 0 saturated heterocycles. The van der Waals surface area contributed by atoms with E-state index in [0.717, 1.165) is 23.6 Å². The first kappa shape index (κ1) is 21.9. The summed E-state index contributed by atoms with van der Waals surface area (Å²) in [5, 5.41) is 4.49. The number of benzene rings is 1. The SMILES string of the molecule is CCOC(=O)Cc1nn(C[NH+](C)Cc2ccc(OCC)c(OC)c2)c(=S)n1C. The molecule has 0 aliphatic rings. The van der Waals surface area contributed by atoms with Crippen LogP contribution in [0.4, 0.5) is 0 Å². The fourth-order valence-corrected chi connectivity index (χ4v) is 3.10. The van der Waals surface area contributed by atoms with Crippen LogP contribution in [0.15, 0.2) is 18.2 Å². The zero-order valence-electron chi connectivity index (χ0n) is 17.2. The summed E-state index contributed by atoms with van der Waals surface area (Å²) < 4.78 is 20.0. The Hall–Kier alpha value is -2.39. The molecular weight excluding hydrogens is 380 g/mol. The summed E-state index contributed by atoms with van der Waals surface area (Å²) in [6, 6.07) is 5.94. The molecule has 1 N–H and O–H groups in total. The van der Waals surface area contributed by atoms with Crippen molar-refractivity contribution in [3.05, 3.63) is 34.4 Å². The highest BCUT2D eigenvalue weighted by Crippen LogP contribution is 2.27. The average Bonchev–Trinajstić information content (AvgIpc) is 2.91. The van der Waals surface area contributed by atoms with E-state index in [2.05, 4.69) is 12.1 Å². The Morgan fingerprint density at radius 2 is 2.00 bits per heavy atom. The number of methoxy groups -OCH3 is 1. The predicted molar refractivity (Wildman–Crippen MR) is 107 cm³/mol. The summed E-state index contributed by atoms with van der Waals surface area (Å²) in [7, 11) is 5.51. The second-order valence-corrected chi connectivity index (χ2v) is 6.81. The maximum Gasteiger partial charge on any atom is 0.313 e. The average molecular weight is 410 g/mol. The van der Waals surface area contributed by atoms with Crippen molar-refractivity contribution in [3.63, 3.8) is 0 Å². The van der Waals surface area contributed by atoms with Crippen molar-refractivity contribution in [2.75, 3.05) is 27.4 Å². The smallest absolute Gasteiger partial charge is 0.313 e. The second kappa shape index (κ2) is 10.2. The van der Waals surface area contributed by atoms with Crippen molar-refractivity contribution in [1.82, 2.24) is 14.3 Å². The Morgan fingerprint density at radius 1 is 1.25 bits per heavy atom. The molecule has 28 heavy (non-hydrogen) atoms. The minimum Gasteiger partial charge on any atom is -0.493 e. The van der Waals surface area contributed by atoms with Gasteiger partial charge >= 0.3 is 5.97 Å². The maximum atomic E-state index is 11.7. The van der Waals surface area contributed by atoms with Gasteiger partial charge in [0.2, 0.25) is 4.77 Å². The highest BCUT2D eigenvalue weighted by molar-refractivity contribution is 7.71. The molecule has 8 nitrogen and oxygen atoms in total. The zero-order valence-corrected chi connectivity index (χ0v) is 18.0. The Morgan fingerprint density at radius 3 is 2.64 bits per heavy atom. The topological polar surface area (TPSA) is 71.9 Å². The van der Waals surface area contributed by atoms with E-state index in [1.165, 1.54) is 4.90 Å². The Bertz CT molecular complexity index is 862. The van der Waals surface area contributed by atoms with Crippen LogP contribution in [0.2, 0.25) is 0 Å². The molecule has 0 fully saturated rings. The first-order valence-electron chi connectivity index (χ1n) is 9.28. The molecular formula is C19H29N4O4S+. The number of carbonyl (C=O) groups excluding carboxylic acids is 1. The summed E-state index contributed by atoms with van der Waals surface area (Å²) in [5.41, 5.74) is 1.12. The molecule has 154 valence electrons. The van der Waals surface area contributed by atoms with Crippen LogP contribution in [0.3, 0.4) is 0 Å². The van der Waals surface area contributed by atoms with Gasteiger partial charge in [0, 0.05) is 12.6 Å². The van der Waals surface area contributed by atoms with Crippen LogP contribution in [0, 0.1) is 4.77 Å². The van der Waals surface area contributed by atoms with Crippen molar-refractivity contribution in [3.8, 4) is 11.5 Å². The van der Waals surface area contributed by atoms with Crippen molar-refractivity contribution < 1.29 is 23.9 Å². The summed E-state index contributed by atoms with van der Waals surface area (Å²) in [4.78, 5) is 12.9. The van der Waals surface area contributed by atoms with Gasteiger partial charge in [0.15, 0.2) is 18.2 Å². The molecule has 0 aliphatic heterocycles. The van der Waals surface area contributed by atoms with E-state index in [1.807, 2.05) is 32.2 Å². The highest BCUT2D eigenvalue weighted by Gasteiger charge is 2.15. The fourth-order valence-electron chi connectivity index (χ4n) is 2.89. The lowest BCUT2D eigenvalue weighted by atomic mass is 10.2. The number of hydrogen-bond donors (Lipinski definition) is 1. The fraction of sp³-hybridized carbons (Fsp3) is 0.526. The lowest BCUT2D eigenvalue weighted by Crippen LogP contribution is -3.07.